The minimum absolute atomic E-state index is 0.145. The lowest BCUT2D eigenvalue weighted by molar-refractivity contribution is -0.0490. The van der Waals surface area contributed by atoms with Crippen molar-refractivity contribution in [3.8, 4) is 0 Å². The lowest BCUT2D eigenvalue weighted by Crippen LogP contribution is -2.48. The topological polar surface area (TPSA) is 69.5 Å². The van der Waals surface area contributed by atoms with E-state index in [4.69, 9.17) is 0 Å². The van der Waals surface area contributed by atoms with Gasteiger partial charge in [-0.3, -0.25) is 0 Å². The van der Waals surface area contributed by atoms with E-state index < -0.39 is 0 Å². The van der Waals surface area contributed by atoms with Crippen LogP contribution in [0.15, 0.2) is 12.4 Å². The molecule has 122 valence electrons. The highest BCUT2D eigenvalue weighted by atomic mass is 16.3. The van der Waals surface area contributed by atoms with E-state index in [1.165, 1.54) is 0 Å². The van der Waals surface area contributed by atoms with E-state index in [1.54, 1.807) is 6.33 Å². The van der Waals surface area contributed by atoms with Gasteiger partial charge in [0.05, 0.1) is 13.2 Å². The predicted octanol–water partition coefficient (Wildman–Crippen LogP) is 1.95. The Kier molecular flexibility index (Phi) is 4.12. The number of aliphatic hydroxyl groups excluding tert-OH is 2. The average molecular weight is 305 g/mol. The fourth-order valence-electron chi connectivity index (χ4n) is 4.34. The quantitative estimate of drug-likeness (QED) is 0.890. The Morgan fingerprint density at radius 3 is 2.18 bits per heavy atom. The highest BCUT2D eigenvalue weighted by Crippen LogP contribution is 2.55. The zero-order valence-electron chi connectivity index (χ0n) is 13.6. The molecule has 22 heavy (non-hydrogen) atoms. The van der Waals surface area contributed by atoms with Gasteiger partial charge in [-0.1, -0.05) is 26.7 Å². The van der Waals surface area contributed by atoms with E-state index in [0.29, 0.717) is 5.92 Å². The van der Waals surface area contributed by atoms with Crippen molar-refractivity contribution in [3.63, 3.8) is 0 Å². The Balaban J connectivity index is 1.93. The fourth-order valence-corrected chi connectivity index (χ4v) is 4.34. The van der Waals surface area contributed by atoms with E-state index in [2.05, 4.69) is 34.8 Å². The van der Waals surface area contributed by atoms with Crippen molar-refractivity contribution in [2.75, 3.05) is 31.2 Å². The van der Waals surface area contributed by atoms with Gasteiger partial charge >= 0.3 is 0 Å². The molecular weight excluding hydrogens is 278 g/mol. The zero-order chi connectivity index (χ0) is 15.8. The third kappa shape index (κ3) is 2.31. The molecule has 5 heteroatoms. The molecule has 5 nitrogen and oxygen atoms in total. The predicted molar refractivity (Wildman–Crippen MR) is 85.8 cm³/mol. The molecule has 2 atom stereocenters. The van der Waals surface area contributed by atoms with Crippen LogP contribution in [0.1, 0.15) is 51.1 Å². The molecule has 3 rings (SSSR count). The van der Waals surface area contributed by atoms with Crippen molar-refractivity contribution in [2.24, 2.45) is 10.8 Å². The van der Waals surface area contributed by atoms with Crippen molar-refractivity contribution in [2.45, 2.75) is 45.4 Å². The summed E-state index contributed by atoms with van der Waals surface area (Å²) in [6.45, 7) is 6.09. The molecule has 1 aromatic rings. The number of nitrogens with zero attached hydrogens (tertiary/aromatic N) is 3. The number of anilines is 1. The number of aliphatic hydroxyl groups is 2. The highest BCUT2D eigenvalue weighted by Gasteiger charge is 2.58. The second-order valence-corrected chi connectivity index (χ2v) is 7.40. The van der Waals surface area contributed by atoms with Gasteiger partial charge in [-0.25, -0.2) is 9.97 Å². The summed E-state index contributed by atoms with van der Waals surface area (Å²) < 4.78 is 0. The monoisotopic (exact) mass is 305 g/mol. The van der Waals surface area contributed by atoms with Crippen molar-refractivity contribution >= 4 is 5.82 Å². The van der Waals surface area contributed by atoms with Crippen LogP contribution in [-0.2, 0) is 0 Å². The normalized spacial score (nSPS) is 31.6. The second-order valence-electron chi connectivity index (χ2n) is 7.40. The smallest absolute Gasteiger partial charge is 0.132 e. The third-order valence-electron chi connectivity index (χ3n) is 5.87. The highest BCUT2D eigenvalue weighted by molar-refractivity contribution is 5.43. The first-order valence-electron chi connectivity index (χ1n) is 8.34. The summed E-state index contributed by atoms with van der Waals surface area (Å²) in [6, 6.07) is 2.05. The lowest BCUT2D eigenvalue weighted by atomic mass is 9.58. The van der Waals surface area contributed by atoms with Crippen LogP contribution in [0.25, 0.3) is 0 Å². The van der Waals surface area contributed by atoms with Gasteiger partial charge in [0, 0.05) is 35.7 Å². The lowest BCUT2D eigenvalue weighted by Gasteiger charge is -2.46. The van der Waals surface area contributed by atoms with Crippen LogP contribution in [0, 0.1) is 10.8 Å². The van der Waals surface area contributed by atoms with Gasteiger partial charge in [-0.15, -0.1) is 0 Å². The molecule has 0 unspecified atom stereocenters. The molecule has 2 aliphatic rings. The van der Waals surface area contributed by atoms with Gasteiger partial charge in [0.2, 0.25) is 0 Å². The van der Waals surface area contributed by atoms with Gasteiger partial charge in [0.25, 0.3) is 0 Å². The van der Waals surface area contributed by atoms with Gasteiger partial charge < -0.3 is 15.1 Å². The standard InChI is InChI=1S/C17H27N3O2/c1-13(2)14-7-15(19-12-18-14)20-8-16(10-21)5-3-4-6-17(16,9-20)11-22/h7,12-13,21-22H,3-6,8-11H2,1-2H3/t16-,17+. The summed E-state index contributed by atoms with van der Waals surface area (Å²) in [7, 11) is 0. The zero-order valence-corrected chi connectivity index (χ0v) is 13.6. The second kappa shape index (κ2) is 5.78. The summed E-state index contributed by atoms with van der Waals surface area (Å²) in [6.07, 6.45) is 5.88. The van der Waals surface area contributed by atoms with Crippen molar-refractivity contribution in [1.82, 2.24) is 9.97 Å². The van der Waals surface area contributed by atoms with Gasteiger partial charge in [0.15, 0.2) is 0 Å². The van der Waals surface area contributed by atoms with Gasteiger partial charge in [-0.2, -0.15) is 0 Å². The summed E-state index contributed by atoms with van der Waals surface area (Å²) in [5, 5.41) is 20.2. The van der Waals surface area contributed by atoms with Crippen LogP contribution in [0.4, 0.5) is 5.82 Å². The molecule has 1 aliphatic heterocycles. The molecule has 1 saturated heterocycles. The first kappa shape index (κ1) is 15.7. The van der Waals surface area contributed by atoms with Crippen LogP contribution >= 0.6 is 0 Å². The number of hydrogen-bond donors (Lipinski definition) is 2. The minimum atomic E-state index is -0.192. The third-order valence-corrected chi connectivity index (χ3v) is 5.87. The van der Waals surface area contributed by atoms with E-state index in [0.717, 1.165) is 50.3 Å². The molecule has 0 amide bonds. The number of rotatable bonds is 4. The summed E-state index contributed by atoms with van der Waals surface area (Å²) in [5.41, 5.74) is 0.655. The first-order valence-corrected chi connectivity index (χ1v) is 8.34. The molecule has 1 aliphatic carbocycles. The number of aromatic nitrogens is 2. The Bertz CT molecular complexity index is 514. The maximum atomic E-state index is 10.1. The molecule has 2 N–H and O–H groups in total. The first-order chi connectivity index (χ1) is 10.6. The Morgan fingerprint density at radius 1 is 1.09 bits per heavy atom. The van der Waals surface area contributed by atoms with Gasteiger partial charge in [0.1, 0.15) is 12.1 Å². The molecular formula is C17H27N3O2. The molecule has 1 aromatic heterocycles. The Hall–Kier alpha value is -1.20. The van der Waals surface area contributed by atoms with Crippen molar-refractivity contribution < 1.29 is 10.2 Å². The molecule has 0 bridgehead atoms. The minimum Gasteiger partial charge on any atom is -0.396 e. The summed E-state index contributed by atoms with van der Waals surface area (Å²) in [5.74, 6) is 1.29. The number of fused-ring (bicyclic) bond motifs is 1. The largest absolute Gasteiger partial charge is 0.396 e. The molecule has 2 heterocycles. The van der Waals surface area contributed by atoms with E-state index in [1.807, 2.05) is 0 Å². The summed E-state index contributed by atoms with van der Waals surface area (Å²) in [4.78, 5) is 11.0. The maximum absolute atomic E-state index is 10.1. The Labute approximate surface area is 132 Å². The summed E-state index contributed by atoms with van der Waals surface area (Å²) >= 11 is 0. The SMILES string of the molecule is CC(C)c1cc(N2C[C@]3(CO)CCCC[C@]3(CO)C2)ncn1. The van der Waals surface area contributed by atoms with E-state index >= 15 is 0 Å². The van der Waals surface area contributed by atoms with Crippen molar-refractivity contribution in [1.29, 1.82) is 0 Å². The van der Waals surface area contributed by atoms with Crippen LogP contribution in [0.2, 0.25) is 0 Å². The molecule has 0 radical (unpaired) electrons. The van der Waals surface area contributed by atoms with Crippen molar-refractivity contribution in [3.05, 3.63) is 18.1 Å². The van der Waals surface area contributed by atoms with E-state index in [-0.39, 0.29) is 24.0 Å². The van der Waals surface area contributed by atoms with E-state index in [9.17, 15) is 10.2 Å². The Morgan fingerprint density at radius 2 is 1.68 bits per heavy atom. The molecule has 0 aromatic carbocycles. The molecule has 0 spiro atoms. The van der Waals surface area contributed by atoms with Crippen LogP contribution in [0.3, 0.4) is 0 Å². The molecule has 2 fully saturated rings. The van der Waals surface area contributed by atoms with Crippen LogP contribution in [0.5, 0.6) is 0 Å². The van der Waals surface area contributed by atoms with Crippen LogP contribution < -0.4 is 4.90 Å². The van der Waals surface area contributed by atoms with Crippen LogP contribution in [-0.4, -0.2) is 46.5 Å². The van der Waals surface area contributed by atoms with Gasteiger partial charge in [-0.05, 0) is 18.8 Å². The maximum Gasteiger partial charge on any atom is 0.132 e. The average Bonchev–Trinajstić information content (AvgIpc) is 2.91. The molecule has 1 saturated carbocycles. The fraction of sp³-hybridized carbons (Fsp3) is 0.765. The number of hydrogen-bond acceptors (Lipinski definition) is 5.